The van der Waals surface area contributed by atoms with Crippen molar-refractivity contribution < 1.29 is 18.9 Å². The van der Waals surface area contributed by atoms with E-state index in [1.807, 2.05) is 49.4 Å². The van der Waals surface area contributed by atoms with Gasteiger partial charge >= 0.3 is 0 Å². The zero-order valence-electron chi connectivity index (χ0n) is 16.9. The van der Waals surface area contributed by atoms with Crippen LogP contribution in [0.15, 0.2) is 78.9 Å². The van der Waals surface area contributed by atoms with Crippen LogP contribution < -0.4 is 9.47 Å². The summed E-state index contributed by atoms with van der Waals surface area (Å²) in [5, 5.41) is 0. The summed E-state index contributed by atoms with van der Waals surface area (Å²) in [6.07, 6.45) is 0. The third kappa shape index (κ3) is 7.26. The molecule has 3 aromatic carbocycles. The molecule has 0 fully saturated rings. The van der Waals surface area contributed by atoms with Crippen molar-refractivity contribution in [3.63, 3.8) is 0 Å². The van der Waals surface area contributed by atoms with Crippen molar-refractivity contribution in [1.82, 2.24) is 0 Å². The number of benzene rings is 3. The van der Waals surface area contributed by atoms with E-state index in [0.29, 0.717) is 39.6 Å². The van der Waals surface area contributed by atoms with Gasteiger partial charge in [0.15, 0.2) is 0 Å². The predicted molar refractivity (Wildman–Crippen MR) is 115 cm³/mol. The minimum atomic E-state index is 0.528. The molecule has 0 aliphatic heterocycles. The zero-order valence-corrected chi connectivity index (χ0v) is 16.9. The van der Waals surface area contributed by atoms with Gasteiger partial charge in [0.25, 0.3) is 0 Å². The van der Waals surface area contributed by atoms with Crippen molar-refractivity contribution in [2.24, 2.45) is 0 Å². The summed E-state index contributed by atoms with van der Waals surface area (Å²) in [5.74, 6) is 1.69. The first-order chi connectivity index (χ1) is 14.3. The van der Waals surface area contributed by atoms with E-state index in [0.717, 1.165) is 22.6 Å². The lowest BCUT2D eigenvalue weighted by Crippen LogP contribution is -2.06. The molecule has 0 spiro atoms. The minimum absolute atomic E-state index is 0.528. The lowest BCUT2D eigenvalue weighted by molar-refractivity contribution is 0.0889. The van der Waals surface area contributed by atoms with Gasteiger partial charge in [0.05, 0.1) is 19.8 Å². The topological polar surface area (TPSA) is 36.9 Å². The van der Waals surface area contributed by atoms with E-state index in [1.54, 1.807) is 0 Å². The lowest BCUT2D eigenvalue weighted by Gasteiger charge is -2.09. The van der Waals surface area contributed by atoms with Gasteiger partial charge in [0.2, 0.25) is 0 Å². The summed E-state index contributed by atoms with van der Waals surface area (Å²) >= 11 is 0. The molecule has 0 aromatic heterocycles. The Bertz CT molecular complexity index is 814. The van der Waals surface area contributed by atoms with Crippen LogP contribution in [0.4, 0.5) is 0 Å². The molecule has 0 saturated heterocycles. The first-order valence-corrected chi connectivity index (χ1v) is 10.0. The van der Waals surface area contributed by atoms with Crippen LogP contribution in [0.5, 0.6) is 11.5 Å². The maximum atomic E-state index is 5.76. The molecule has 0 aliphatic rings. The van der Waals surface area contributed by atoms with Crippen LogP contribution in [0.1, 0.15) is 12.5 Å². The van der Waals surface area contributed by atoms with Crippen LogP contribution in [-0.4, -0.2) is 33.0 Å². The summed E-state index contributed by atoms with van der Waals surface area (Å²) in [7, 11) is 0. The highest BCUT2D eigenvalue weighted by Gasteiger charge is 2.01. The molecule has 0 atom stereocenters. The lowest BCUT2D eigenvalue weighted by atomic mass is 10.1. The second kappa shape index (κ2) is 11.9. The van der Waals surface area contributed by atoms with Gasteiger partial charge in [0, 0.05) is 6.61 Å². The van der Waals surface area contributed by atoms with Crippen molar-refractivity contribution in [3.05, 3.63) is 84.4 Å². The Morgan fingerprint density at radius 2 is 1.07 bits per heavy atom. The minimum Gasteiger partial charge on any atom is -0.491 e. The maximum absolute atomic E-state index is 5.76. The standard InChI is InChI=1S/C25H28O4/c1-2-26-16-18-28-24-12-8-22(9-13-24)23-10-14-25(15-11-23)29-19-17-27-20-21-6-4-3-5-7-21/h3-15H,2,16-20H2,1H3. The molecule has 4 nitrogen and oxygen atoms in total. The smallest absolute Gasteiger partial charge is 0.119 e. The Morgan fingerprint density at radius 3 is 1.59 bits per heavy atom. The van der Waals surface area contributed by atoms with E-state index >= 15 is 0 Å². The van der Waals surface area contributed by atoms with Crippen LogP contribution in [0.2, 0.25) is 0 Å². The SMILES string of the molecule is CCOCCOc1ccc(-c2ccc(OCCOCc3ccccc3)cc2)cc1. The molecular formula is C25H28O4. The fourth-order valence-electron chi connectivity index (χ4n) is 2.83. The van der Waals surface area contributed by atoms with Gasteiger partial charge in [-0.25, -0.2) is 0 Å². The third-order valence-electron chi connectivity index (χ3n) is 4.35. The van der Waals surface area contributed by atoms with Crippen molar-refractivity contribution in [2.75, 3.05) is 33.0 Å². The molecule has 0 bridgehead atoms. The van der Waals surface area contributed by atoms with Gasteiger partial charge in [-0.05, 0) is 47.9 Å². The Kier molecular flexibility index (Phi) is 8.57. The first-order valence-electron chi connectivity index (χ1n) is 10.0. The van der Waals surface area contributed by atoms with E-state index < -0.39 is 0 Å². The first kappa shape index (κ1) is 20.9. The number of hydrogen-bond acceptors (Lipinski definition) is 4. The quantitative estimate of drug-likeness (QED) is 0.389. The van der Waals surface area contributed by atoms with Crippen LogP contribution in [0.3, 0.4) is 0 Å². The van der Waals surface area contributed by atoms with Gasteiger partial charge in [-0.1, -0.05) is 54.6 Å². The number of rotatable bonds is 12. The molecule has 0 radical (unpaired) electrons. The molecule has 0 heterocycles. The van der Waals surface area contributed by atoms with Gasteiger partial charge in [-0.3, -0.25) is 0 Å². The second-order valence-electron chi connectivity index (χ2n) is 6.48. The van der Waals surface area contributed by atoms with Gasteiger partial charge < -0.3 is 18.9 Å². The molecule has 3 rings (SSSR count). The van der Waals surface area contributed by atoms with Crippen LogP contribution in [0.25, 0.3) is 11.1 Å². The highest BCUT2D eigenvalue weighted by atomic mass is 16.5. The summed E-state index contributed by atoms with van der Waals surface area (Å²) < 4.78 is 22.3. The molecule has 3 aromatic rings. The van der Waals surface area contributed by atoms with Crippen LogP contribution in [0, 0.1) is 0 Å². The largest absolute Gasteiger partial charge is 0.491 e. The van der Waals surface area contributed by atoms with Crippen molar-refractivity contribution in [2.45, 2.75) is 13.5 Å². The van der Waals surface area contributed by atoms with Crippen molar-refractivity contribution in [3.8, 4) is 22.6 Å². The third-order valence-corrected chi connectivity index (χ3v) is 4.35. The molecule has 152 valence electrons. The molecular weight excluding hydrogens is 364 g/mol. The Morgan fingerprint density at radius 1 is 0.552 bits per heavy atom. The van der Waals surface area contributed by atoms with Gasteiger partial charge in [-0.2, -0.15) is 0 Å². The normalized spacial score (nSPS) is 10.7. The van der Waals surface area contributed by atoms with E-state index in [2.05, 4.69) is 36.4 Å². The van der Waals surface area contributed by atoms with Crippen molar-refractivity contribution >= 4 is 0 Å². The molecule has 0 N–H and O–H groups in total. The summed E-state index contributed by atoms with van der Waals surface area (Å²) in [6.45, 7) is 5.55. The van der Waals surface area contributed by atoms with Gasteiger partial charge in [0.1, 0.15) is 24.7 Å². The van der Waals surface area contributed by atoms with E-state index in [-0.39, 0.29) is 0 Å². The van der Waals surface area contributed by atoms with Crippen LogP contribution >= 0.6 is 0 Å². The summed E-state index contributed by atoms with van der Waals surface area (Å²) in [4.78, 5) is 0. The molecule has 29 heavy (non-hydrogen) atoms. The van der Waals surface area contributed by atoms with Gasteiger partial charge in [-0.15, -0.1) is 0 Å². The van der Waals surface area contributed by atoms with E-state index in [1.165, 1.54) is 5.56 Å². The van der Waals surface area contributed by atoms with E-state index in [4.69, 9.17) is 18.9 Å². The Labute approximate surface area is 173 Å². The molecule has 0 unspecified atom stereocenters. The fourth-order valence-corrected chi connectivity index (χ4v) is 2.83. The average molecular weight is 392 g/mol. The summed E-state index contributed by atoms with van der Waals surface area (Å²) in [6, 6.07) is 26.3. The Hall–Kier alpha value is -2.82. The highest BCUT2D eigenvalue weighted by Crippen LogP contribution is 2.24. The predicted octanol–water partition coefficient (Wildman–Crippen LogP) is 5.36. The monoisotopic (exact) mass is 392 g/mol. The molecule has 0 amide bonds. The molecule has 0 aliphatic carbocycles. The number of ether oxygens (including phenoxy) is 4. The number of hydrogen-bond donors (Lipinski definition) is 0. The fraction of sp³-hybridized carbons (Fsp3) is 0.280. The van der Waals surface area contributed by atoms with Crippen LogP contribution in [-0.2, 0) is 16.1 Å². The highest BCUT2D eigenvalue weighted by molar-refractivity contribution is 5.64. The molecule has 0 saturated carbocycles. The maximum Gasteiger partial charge on any atom is 0.119 e. The van der Waals surface area contributed by atoms with E-state index in [9.17, 15) is 0 Å². The van der Waals surface area contributed by atoms with Crippen molar-refractivity contribution in [1.29, 1.82) is 0 Å². The second-order valence-corrected chi connectivity index (χ2v) is 6.48. The summed E-state index contributed by atoms with van der Waals surface area (Å²) in [5.41, 5.74) is 3.45. The molecule has 4 heteroatoms. The average Bonchev–Trinajstić information content (AvgIpc) is 2.78. The zero-order chi connectivity index (χ0) is 20.2. The Balaban J connectivity index is 1.40.